The van der Waals surface area contributed by atoms with Crippen LogP contribution in [0.5, 0.6) is 0 Å². The molecule has 0 fully saturated rings. The van der Waals surface area contributed by atoms with Crippen molar-refractivity contribution in [2.24, 2.45) is 0 Å². The predicted molar refractivity (Wildman–Crippen MR) is 111 cm³/mol. The molecule has 0 radical (unpaired) electrons. The lowest BCUT2D eigenvalue weighted by Crippen LogP contribution is -2.10. The summed E-state index contributed by atoms with van der Waals surface area (Å²) >= 11 is 3.42. The van der Waals surface area contributed by atoms with Crippen LogP contribution in [-0.2, 0) is 19.3 Å². The molecule has 0 amide bonds. The van der Waals surface area contributed by atoms with Crippen molar-refractivity contribution < 1.29 is 13.2 Å². The molecule has 0 bridgehead atoms. The van der Waals surface area contributed by atoms with Gasteiger partial charge in [-0.1, -0.05) is 18.2 Å². The van der Waals surface area contributed by atoms with E-state index < -0.39 is 11.7 Å². The lowest BCUT2D eigenvalue weighted by atomic mass is 10.1. The van der Waals surface area contributed by atoms with Crippen molar-refractivity contribution in [2.75, 3.05) is 10.6 Å². The van der Waals surface area contributed by atoms with Crippen LogP contribution in [0.25, 0.3) is 5.65 Å². The molecule has 3 aromatic heterocycles. The number of nitrogens with one attached hydrogen (secondary N) is 2. The summed E-state index contributed by atoms with van der Waals surface area (Å²) in [6.07, 6.45) is 0.721. The second-order valence-corrected chi connectivity index (χ2v) is 7.38. The molecule has 0 saturated heterocycles. The molecular formula is C20H16BrF3N6. The van der Waals surface area contributed by atoms with Gasteiger partial charge in [0.25, 0.3) is 0 Å². The van der Waals surface area contributed by atoms with Gasteiger partial charge < -0.3 is 10.6 Å². The third-order valence-electron chi connectivity index (χ3n) is 4.35. The van der Waals surface area contributed by atoms with E-state index in [1.165, 1.54) is 6.07 Å². The van der Waals surface area contributed by atoms with Gasteiger partial charge in [-0.3, -0.25) is 4.98 Å². The van der Waals surface area contributed by atoms with Gasteiger partial charge in [-0.05, 0) is 45.3 Å². The number of anilines is 2. The Morgan fingerprint density at radius 3 is 2.53 bits per heavy atom. The van der Waals surface area contributed by atoms with Crippen molar-refractivity contribution >= 4 is 33.2 Å². The van der Waals surface area contributed by atoms with Crippen LogP contribution in [-0.4, -0.2) is 19.6 Å². The van der Waals surface area contributed by atoms with Gasteiger partial charge in [-0.2, -0.15) is 22.8 Å². The van der Waals surface area contributed by atoms with Crippen LogP contribution in [0.15, 0.2) is 65.5 Å². The fourth-order valence-electron chi connectivity index (χ4n) is 2.90. The highest BCUT2D eigenvalue weighted by Gasteiger charge is 2.30. The molecule has 0 atom stereocenters. The smallest absolute Gasteiger partial charge is 0.366 e. The summed E-state index contributed by atoms with van der Waals surface area (Å²) in [4.78, 5) is 8.60. The normalized spacial score (nSPS) is 11.6. The van der Waals surface area contributed by atoms with Gasteiger partial charge in [0, 0.05) is 31.5 Å². The maximum atomic E-state index is 12.9. The van der Waals surface area contributed by atoms with Crippen molar-refractivity contribution in [3.05, 3.63) is 82.2 Å². The average Bonchev–Trinajstić information content (AvgIpc) is 3.12. The molecule has 10 heteroatoms. The summed E-state index contributed by atoms with van der Waals surface area (Å²) < 4.78 is 41.1. The molecule has 0 spiro atoms. The zero-order chi connectivity index (χ0) is 21.1. The molecule has 4 rings (SSSR count). The van der Waals surface area contributed by atoms with Crippen molar-refractivity contribution in [3.63, 3.8) is 0 Å². The van der Waals surface area contributed by atoms with Crippen LogP contribution < -0.4 is 10.6 Å². The number of pyridine rings is 1. The standard InChI is InChI=1S/C20H16BrF3N6/c21-16-12-28-30-18(27-11-14-4-2-6-25-9-14)8-17(29-19(16)30)26-10-13-3-1-5-15(7-13)20(22,23)24/h1-9,12,27H,10-11H2,(H,26,29). The van der Waals surface area contributed by atoms with Crippen LogP contribution in [0.4, 0.5) is 24.8 Å². The van der Waals surface area contributed by atoms with E-state index in [0.717, 1.165) is 17.7 Å². The van der Waals surface area contributed by atoms with Crippen LogP contribution in [0.1, 0.15) is 16.7 Å². The number of nitrogens with zero attached hydrogens (tertiary/aromatic N) is 4. The van der Waals surface area contributed by atoms with Crippen LogP contribution in [0, 0.1) is 0 Å². The van der Waals surface area contributed by atoms with Crippen molar-refractivity contribution in [1.29, 1.82) is 0 Å². The van der Waals surface area contributed by atoms with E-state index in [2.05, 4.69) is 41.6 Å². The third kappa shape index (κ3) is 4.54. The van der Waals surface area contributed by atoms with Crippen molar-refractivity contribution in [2.45, 2.75) is 19.3 Å². The number of fused-ring (bicyclic) bond motifs is 1. The number of hydrogen-bond acceptors (Lipinski definition) is 5. The zero-order valence-corrected chi connectivity index (χ0v) is 17.1. The van der Waals surface area contributed by atoms with E-state index in [1.54, 1.807) is 35.2 Å². The van der Waals surface area contributed by atoms with E-state index in [4.69, 9.17) is 0 Å². The number of aromatic nitrogens is 4. The highest BCUT2D eigenvalue weighted by molar-refractivity contribution is 9.10. The maximum Gasteiger partial charge on any atom is 0.416 e. The molecule has 3 heterocycles. The maximum absolute atomic E-state index is 12.9. The number of alkyl halides is 3. The first-order valence-electron chi connectivity index (χ1n) is 8.97. The van der Waals surface area contributed by atoms with E-state index in [0.29, 0.717) is 33.9 Å². The second kappa shape index (κ2) is 8.31. The fourth-order valence-corrected chi connectivity index (χ4v) is 3.25. The third-order valence-corrected chi connectivity index (χ3v) is 4.91. The highest BCUT2D eigenvalue weighted by atomic mass is 79.9. The molecule has 0 aliphatic rings. The molecule has 2 N–H and O–H groups in total. The van der Waals surface area contributed by atoms with Crippen LogP contribution >= 0.6 is 15.9 Å². The van der Waals surface area contributed by atoms with Crippen LogP contribution in [0.3, 0.4) is 0 Å². The largest absolute Gasteiger partial charge is 0.416 e. The van der Waals surface area contributed by atoms with E-state index in [-0.39, 0.29) is 6.54 Å². The van der Waals surface area contributed by atoms with Gasteiger partial charge in [-0.15, -0.1) is 0 Å². The second-order valence-electron chi connectivity index (χ2n) is 6.52. The molecular weight excluding hydrogens is 461 g/mol. The minimum absolute atomic E-state index is 0.195. The Morgan fingerprint density at radius 2 is 1.77 bits per heavy atom. The van der Waals surface area contributed by atoms with Gasteiger partial charge in [0.1, 0.15) is 11.6 Å². The number of rotatable bonds is 6. The van der Waals surface area contributed by atoms with E-state index >= 15 is 0 Å². The molecule has 0 aliphatic carbocycles. The number of halogens is 4. The minimum atomic E-state index is -4.38. The quantitative estimate of drug-likeness (QED) is 0.403. The zero-order valence-electron chi connectivity index (χ0n) is 15.5. The SMILES string of the molecule is FC(F)(F)c1cccc(CNc2cc(NCc3cccnc3)n3ncc(Br)c3n2)c1. The van der Waals surface area contributed by atoms with Crippen molar-refractivity contribution in [1.82, 2.24) is 19.6 Å². The lowest BCUT2D eigenvalue weighted by molar-refractivity contribution is -0.137. The topological polar surface area (TPSA) is 67.1 Å². The molecule has 4 aromatic rings. The van der Waals surface area contributed by atoms with E-state index in [9.17, 15) is 13.2 Å². The van der Waals surface area contributed by atoms with Gasteiger partial charge >= 0.3 is 6.18 Å². The monoisotopic (exact) mass is 476 g/mol. The molecule has 0 saturated carbocycles. The summed E-state index contributed by atoms with van der Waals surface area (Å²) in [5, 5.41) is 10.7. The Morgan fingerprint density at radius 1 is 0.967 bits per heavy atom. The van der Waals surface area contributed by atoms with Gasteiger partial charge in [-0.25, -0.2) is 4.98 Å². The minimum Gasteiger partial charge on any atom is -0.366 e. The van der Waals surface area contributed by atoms with Crippen molar-refractivity contribution in [3.8, 4) is 0 Å². The summed E-state index contributed by atoms with van der Waals surface area (Å²) in [5.41, 5.74) is 1.40. The molecule has 6 nitrogen and oxygen atoms in total. The first kappa shape index (κ1) is 20.1. The highest BCUT2D eigenvalue weighted by Crippen LogP contribution is 2.30. The number of hydrogen-bond donors (Lipinski definition) is 2. The average molecular weight is 477 g/mol. The molecule has 1 aromatic carbocycles. The molecule has 154 valence electrons. The summed E-state index contributed by atoms with van der Waals surface area (Å²) in [5.74, 6) is 1.19. The predicted octanol–water partition coefficient (Wildman–Crippen LogP) is 5.13. The Balaban J connectivity index is 1.56. The Hall–Kier alpha value is -3.14. The Labute approximate surface area is 178 Å². The van der Waals surface area contributed by atoms with E-state index in [1.807, 2.05) is 12.1 Å². The van der Waals surface area contributed by atoms with Gasteiger partial charge in [0.15, 0.2) is 5.65 Å². The molecule has 30 heavy (non-hydrogen) atoms. The van der Waals surface area contributed by atoms with Gasteiger partial charge in [0.2, 0.25) is 0 Å². The fraction of sp³-hybridized carbons (Fsp3) is 0.150. The summed E-state index contributed by atoms with van der Waals surface area (Å²) in [7, 11) is 0. The first-order valence-corrected chi connectivity index (χ1v) is 9.76. The first-order chi connectivity index (χ1) is 14.4. The lowest BCUT2D eigenvalue weighted by Gasteiger charge is -2.13. The molecule has 0 aliphatic heterocycles. The van der Waals surface area contributed by atoms with Gasteiger partial charge in [0.05, 0.1) is 16.2 Å². The summed E-state index contributed by atoms with van der Waals surface area (Å²) in [6, 6.07) is 10.8. The Bertz CT molecular complexity index is 1160. The Kier molecular flexibility index (Phi) is 5.58. The van der Waals surface area contributed by atoms with Crippen LogP contribution in [0.2, 0.25) is 0 Å². The number of benzene rings is 1. The molecule has 0 unspecified atom stereocenters. The summed E-state index contributed by atoms with van der Waals surface area (Å²) in [6.45, 7) is 0.721.